The minimum atomic E-state index is -0.191. The SMILES string of the molecule is CCC1NC2(CCCC2)C(=O)N1CCC(C)SC. The van der Waals surface area contributed by atoms with Crippen LogP contribution >= 0.6 is 11.8 Å². The highest BCUT2D eigenvalue weighted by Gasteiger charge is 2.51. The van der Waals surface area contributed by atoms with Gasteiger partial charge in [-0.05, 0) is 31.9 Å². The van der Waals surface area contributed by atoms with Crippen molar-refractivity contribution in [3.8, 4) is 0 Å². The van der Waals surface area contributed by atoms with Crippen molar-refractivity contribution in [1.29, 1.82) is 0 Å². The maximum absolute atomic E-state index is 12.7. The summed E-state index contributed by atoms with van der Waals surface area (Å²) < 4.78 is 0. The Morgan fingerprint density at radius 3 is 2.72 bits per heavy atom. The minimum Gasteiger partial charge on any atom is -0.326 e. The van der Waals surface area contributed by atoms with Crippen molar-refractivity contribution in [3.05, 3.63) is 0 Å². The fourth-order valence-electron chi connectivity index (χ4n) is 3.23. The third-order valence-electron chi connectivity index (χ3n) is 4.51. The molecule has 2 fully saturated rings. The van der Waals surface area contributed by atoms with Gasteiger partial charge in [-0.1, -0.05) is 26.7 Å². The van der Waals surface area contributed by atoms with Gasteiger partial charge in [0, 0.05) is 11.8 Å². The Kier molecular flexibility index (Phi) is 4.59. The van der Waals surface area contributed by atoms with Crippen LogP contribution in [0, 0.1) is 0 Å². The van der Waals surface area contributed by atoms with E-state index >= 15 is 0 Å². The molecular weight excluding hydrogens is 244 g/mol. The molecule has 1 saturated heterocycles. The summed E-state index contributed by atoms with van der Waals surface area (Å²) in [4.78, 5) is 14.8. The largest absolute Gasteiger partial charge is 0.326 e. The Bertz CT molecular complexity index is 302. The molecular formula is C14H26N2OS. The first-order valence-corrected chi connectivity index (χ1v) is 8.53. The van der Waals surface area contributed by atoms with Gasteiger partial charge in [0.2, 0.25) is 5.91 Å². The van der Waals surface area contributed by atoms with Crippen molar-refractivity contribution in [3.63, 3.8) is 0 Å². The van der Waals surface area contributed by atoms with Gasteiger partial charge in [-0.15, -0.1) is 0 Å². The number of hydrogen-bond acceptors (Lipinski definition) is 3. The number of nitrogens with one attached hydrogen (secondary N) is 1. The van der Waals surface area contributed by atoms with Crippen LogP contribution in [0.15, 0.2) is 0 Å². The van der Waals surface area contributed by atoms with Gasteiger partial charge < -0.3 is 4.90 Å². The van der Waals surface area contributed by atoms with Crippen molar-refractivity contribution in [2.45, 2.75) is 69.3 Å². The van der Waals surface area contributed by atoms with E-state index in [-0.39, 0.29) is 11.7 Å². The normalized spacial score (nSPS) is 28.3. The first-order chi connectivity index (χ1) is 8.63. The van der Waals surface area contributed by atoms with E-state index < -0.39 is 0 Å². The first kappa shape index (κ1) is 14.2. The molecule has 1 saturated carbocycles. The molecule has 2 aliphatic rings. The van der Waals surface area contributed by atoms with Crippen molar-refractivity contribution in [1.82, 2.24) is 10.2 Å². The minimum absolute atomic E-state index is 0.191. The van der Waals surface area contributed by atoms with Crippen LogP contribution in [0.1, 0.15) is 52.4 Å². The smallest absolute Gasteiger partial charge is 0.244 e. The van der Waals surface area contributed by atoms with Crippen LogP contribution in [0.5, 0.6) is 0 Å². The molecule has 1 spiro atoms. The predicted octanol–water partition coefficient (Wildman–Crippen LogP) is 2.61. The number of amides is 1. The lowest BCUT2D eigenvalue weighted by atomic mass is 9.98. The third-order valence-corrected chi connectivity index (χ3v) is 5.55. The summed E-state index contributed by atoms with van der Waals surface area (Å²) in [5, 5.41) is 4.26. The zero-order chi connectivity index (χ0) is 13.2. The van der Waals surface area contributed by atoms with E-state index in [0.717, 1.165) is 32.2 Å². The van der Waals surface area contributed by atoms with Gasteiger partial charge in [-0.2, -0.15) is 11.8 Å². The van der Waals surface area contributed by atoms with E-state index in [4.69, 9.17) is 0 Å². The summed E-state index contributed by atoms with van der Waals surface area (Å²) in [6.45, 7) is 5.32. The molecule has 1 N–H and O–H groups in total. The highest BCUT2D eigenvalue weighted by atomic mass is 32.2. The fourth-order valence-corrected chi connectivity index (χ4v) is 3.57. The standard InChI is InChI=1S/C14H26N2OS/c1-4-12-15-14(8-5-6-9-14)13(17)16(12)10-7-11(2)18-3/h11-12,15H,4-10H2,1-3H3. The zero-order valence-electron chi connectivity index (χ0n) is 11.9. The molecule has 104 valence electrons. The molecule has 0 bridgehead atoms. The number of carbonyl (C=O) groups excluding carboxylic acids is 1. The maximum Gasteiger partial charge on any atom is 0.244 e. The van der Waals surface area contributed by atoms with E-state index in [2.05, 4.69) is 30.3 Å². The van der Waals surface area contributed by atoms with Gasteiger partial charge in [0.25, 0.3) is 0 Å². The van der Waals surface area contributed by atoms with Crippen LogP contribution in [-0.4, -0.2) is 40.6 Å². The van der Waals surface area contributed by atoms with E-state index in [1.165, 1.54) is 12.8 Å². The summed E-state index contributed by atoms with van der Waals surface area (Å²) in [6.07, 6.45) is 9.00. The lowest BCUT2D eigenvalue weighted by Gasteiger charge is -2.24. The van der Waals surface area contributed by atoms with Crippen LogP contribution in [0.4, 0.5) is 0 Å². The van der Waals surface area contributed by atoms with E-state index in [0.29, 0.717) is 11.2 Å². The van der Waals surface area contributed by atoms with Gasteiger partial charge >= 0.3 is 0 Å². The summed E-state index contributed by atoms with van der Waals surface area (Å²) in [6, 6.07) is 0. The number of hydrogen-bond donors (Lipinski definition) is 1. The van der Waals surface area contributed by atoms with Gasteiger partial charge in [0.1, 0.15) is 0 Å². The molecule has 0 radical (unpaired) electrons. The molecule has 0 aromatic rings. The molecule has 2 atom stereocenters. The predicted molar refractivity (Wildman–Crippen MR) is 77.7 cm³/mol. The van der Waals surface area contributed by atoms with Gasteiger partial charge in [0.15, 0.2) is 0 Å². The summed E-state index contributed by atoms with van der Waals surface area (Å²) in [5.41, 5.74) is -0.191. The van der Waals surface area contributed by atoms with Crippen molar-refractivity contribution in [2.75, 3.05) is 12.8 Å². The lowest BCUT2D eigenvalue weighted by molar-refractivity contribution is -0.133. The van der Waals surface area contributed by atoms with Crippen LogP contribution in [0.2, 0.25) is 0 Å². The molecule has 4 heteroatoms. The fraction of sp³-hybridized carbons (Fsp3) is 0.929. The monoisotopic (exact) mass is 270 g/mol. The molecule has 18 heavy (non-hydrogen) atoms. The van der Waals surface area contributed by atoms with E-state index in [1.54, 1.807) is 0 Å². The quantitative estimate of drug-likeness (QED) is 0.833. The molecule has 1 aliphatic heterocycles. The van der Waals surface area contributed by atoms with Crippen LogP contribution in [-0.2, 0) is 4.79 Å². The number of rotatable bonds is 5. The van der Waals surface area contributed by atoms with Crippen LogP contribution < -0.4 is 5.32 Å². The van der Waals surface area contributed by atoms with Gasteiger partial charge in [0.05, 0.1) is 11.7 Å². The number of thioether (sulfide) groups is 1. The molecule has 3 nitrogen and oxygen atoms in total. The molecule has 1 heterocycles. The highest BCUT2D eigenvalue weighted by molar-refractivity contribution is 7.99. The molecule has 1 amide bonds. The van der Waals surface area contributed by atoms with Crippen LogP contribution in [0.3, 0.4) is 0 Å². The highest BCUT2D eigenvalue weighted by Crippen LogP contribution is 2.37. The Labute approximate surface area is 115 Å². The number of nitrogens with zero attached hydrogens (tertiary/aromatic N) is 1. The van der Waals surface area contributed by atoms with Crippen molar-refractivity contribution < 1.29 is 4.79 Å². The average Bonchev–Trinajstić information content (AvgIpc) is 2.95. The molecule has 2 unspecified atom stereocenters. The topological polar surface area (TPSA) is 32.3 Å². The maximum atomic E-state index is 12.7. The molecule has 1 aliphatic carbocycles. The third kappa shape index (κ3) is 2.55. The van der Waals surface area contributed by atoms with Crippen molar-refractivity contribution in [2.24, 2.45) is 0 Å². The molecule has 0 aromatic heterocycles. The van der Waals surface area contributed by atoms with E-state index in [9.17, 15) is 4.79 Å². The van der Waals surface area contributed by atoms with Crippen LogP contribution in [0.25, 0.3) is 0 Å². The Balaban J connectivity index is 2.01. The second-order valence-electron chi connectivity index (χ2n) is 5.69. The molecule has 0 aromatic carbocycles. The molecule has 2 rings (SSSR count). The second-order valence-corrected chi connectivity index (χ2v) is 6.97. The Morgan fingerprint density at radius 1 is 1.50 bits per heavy atom. The Morgan fingerprint density at radius 2 is 2.17 bits per heavy atom. The Hall–Kier alpha value is -0.220. The first-order valence-electron chi connectivity index (χ1n) is 7.24. The summed E-state index contributed by atoms with van der Waals surface area (Å²) >= 11 is 1.88. The average molecular weight is 270 g/mol. The second kappa shape index (κ2) is 5.83. The number of carbonyl (C=O) groups is 1. The summed E-state index contributed by atoms with van der Waals surface area (Å²) in [5.74, 6) is 0.375. The van der Waals surface area contributed by atoms with Crippen molar-refractivity contribution >= 4 is 17.7 Å². The van der Waals surface area contributed by atoms with Gasteiger partial charge in [-0.3, -0.25) is 10.1 Å². The van der Waals surface area contributed by atoms with E-state index in [1.807, 2.05) is 11.8 Å². The zero-order valence-corrected chi connectivity index (χ0v) is 12.7. The lowest BCUT2D eigenvalue weighted by Crippen LogP contribution is -2.44. The van der Waals surface area contributed by atoms with Gasteiger partial charge in [-0.25, -0.2) is 0 Å². The summed E-state index contributed by atoms with van der Waals surface area (Å²) in [7, 11) is 0.